The van der Waals surface area contributed by atoms with Gasteiger partial charge in [-0.1, -0.05) is 17.4 Å². The van der Waals surface area contributed by atoms with E-state index in [1.54, 1.807) is 18.2 Å². The van der Waals surface area contributed by atoms with Gasteiger partial charge in [-0.3, -0.25) is 5.43 Å². The molecule has 2 N–H and O–H groups in total. The maximum Gasteiger partial charge on any atom is 0.337 e. The van der Waals surface area contributed by atoms with Crippen LogP contribution < -0.4 is 5.43 Å². The molecule has 0 fully saturated rings. The molecular weight excluding hydrogens is 170 g/mol. The lowest BCUT2D eigenvalue weighted by Crippen LogP contribution is -2.01. The van der Waals surface area contributed by atoms with Crippen LogP contribution in [0.5, 0.6) is 0 Å². The number of nitrogens with zero attached hydrogens (tertiary/aromatic N) is 2. The molecule has 0 saturated heterocycles. The van der Waals surface area contributed by atoms with Gasteiger partial charge in [-0.2, -0.15) is 5.11 Å². The average molecular weight is 179 g/mol. The van der Waals surface area contributed by atoms with E-state index in [-0.39, 0.29) is 5.56 Å². The Morgan fingerprint density at radius 3 is 2.77 bits per heavy atom. The summed E-state index contributed by atoms with van der Waals surface area (Å²) < 4.78 is 0. The number of anilines is 1. The number of carboxylic acids is 1. The number of hydrogen-bond donors (Lipinski definition) is 2. The van der Waals surface area contributed by atoms with E-state index in [1.807, 2.05) is 0 Å². The normalized spacial score (nSPS) is 10.2. The van der Waals surface area contributed by atoms with Gasteiger partial charge in [-0.25, -0.2) is 4.79 Å². The van der Waals surface area contributed by atoms with Gasteiger partial charge in [0, 0.05) is 0 Å². The van der Waals surface area contributed by atoms with Gasteiger partial charge in [0.2, 0.25) is 0 Å². The molecule has 1 aromatic carbocycles. The van der Waals surface area contributed by atoms with Crippen LogP contribution in [0.3, 0.4) is 0 Å². The highest BCUT2D eigenvalue weighted by Crippen LogP contribution is 2.14. The predicted octanol–water partition coefficient (Wildman–Crippen LogP) is 1.79. The highest BCUT2D eigenvalue weighted by atomic mass is 16.4. The number of rotatable bonds is 3. The van der Waals surface area contributed by atoms with Gasteiger partial charge < -0.3 is 5.11 Å². The molecule has 0 heterocycles. The van der Waals surface area contributed by atoms with Crippen molar-refractivity contribution in [1.82, 2.24) is 0 Å². The summed E-state index contributed by atoms with van der Waals surface area (Å²) in [6, 6.07) is 6.49. The van der Waals surface area contributed by atoms with Gasteiger partial charge in [-0.05, 0) is 12.1 Å². The SMILES string of the molecule is CN=NNc1ccccc1C(=O)O. The molecule has 0 aromatic heterocycles. The van der Waals surface area contributed by atoms with E-state index in [0.29, 0.717) is 5.69 Å². The van der Waals surface area contributed by atoms with E-state index in [9.17, 15) is 4.79 Å². The molecule has 0 bridgehead atoms. The first-order valence-electron chi connectivity index (χ1n) is 3.63. The lowest BCUT2D eigenvalue weighted by atomic mass is 10.2. The summed E-state index contributed by atoms with van der Waals surface area (Å²) in [5.41, 5.74) is 3.13. The summed E-state index contributed by atoms with van der Waals surface area (Å²) >= 11 is 0. The number of para-hydroxylation sites is 1. The quantitative estimate of drug-likeness (QED) is 0.548. The fraction of sp³-hybridized carbons (Fsp3) is 0.125. The number of carbonyl (C=O) groups is 1. The van der Waals surface area contributed by atoms with E-state index in [0.717, 1.165) is 0 Å². The van der Waals surface area contributed by atoms with Crippen molar-refractivity contribution in [2.24, 2.45) is 10.3 Å². The van der Waals surface area contributed by atoms with Crippen molar-refractivity contribution < 1.29 is 9.90 Å². The van der Waals surface area contributed by atoms with Crippen LogP contribution in [0.4, 0.5) is 5.69 Å². The molecule has 68 valence electrons. The van der Waals surface area contributed by atoms with E-state index in [1.165, 1.54) is 13.1 Å². The minimum atomic E-state index is -0.991. The number of benzene rings is 1. The van der Waals surface area contributed by atoms with Crippen LogP contribution in [0, 0.1) is 0 Å². The molecule has 0 radical (unpaired) electrons. The third-order valence-electron chi connectivity index (χ3n) is 1.43. The first kappa shape index (κ1) is 9.18. The van der Waals surface area contributed by atoms with Crippen molar-refractivity contribution in [2.45, 2.75) is 0 Å². The topological polar surface area (TPSA) is 74.0 Å². The van der Waals surface area contributed by atoms with Crippen molar-refractivity contribution in [2.75, 3.05) is 12.5 Å². The Morgan fingerprint density at radius 2 is 2.15 bits per heavy atom. The first-order valence-corrected chi connectivity index (χ1v) is 3.63. The zero-order valence-corrected chi connectivity index (χ0v) is 7.06. The van der Waals surface area contributed by atoms with Gasteiger partial charge in [0.1, 0.15) is 0 Å². The van der Waals surface area contributed by atoms with E-state index < -0.39 is 5.97 Å². The van der Waals surface area contributed by atoms with Gasteiger partial charge in [0.05, 0.1) is 18.3 Å². The molecule has 0 aliphatic rings. The number of hydrogen-bond acceptors (Lipinski definition) is 3. The third-order valence-corrected chi connectivity index (χ3v) is 1.43. The Labute approximate surface area is 75.1 Å². The molecule has 1 rings (SSSR count). The Balaban J connectivity index is 2.97. The highest BCUT2D eigenvalue weighted by Gasteiger charge is 2.07. The van der Waals surface area contributed by atoms with Crippen LogP contribution in [0.1, 0.15) is 10.4 Å². The Bertz CT molecular complexity index is 336. The van der Waals surface area contributed by atoms with Crippen LogP contribution >= 0.6 is 0 Å². The molecule has 0 aliphatic heterocycles. The Kier molecular flexibility index (Phi) is 2.97. The summed E-state index contributed by atoms with van der Waals surface area (Å²) in [5.74, 6) is -0.991. The monoisotopic (exact) mass is 179 g/mol. The van der Waals surface area contributed by atoms with Gasteiger partial charge in [0.25, 0.3) is 0 Å². The summed E-state index contributed by atoms with van der Waals surface area (Å²) in [5, 5.41) is 15.7. The number of aromatic carboxylic acids is 1. The van der Waals surface area contributed by atoms with Gasteiger partial charge in [-0.15, -0.1) is 0 Å². The third kappa shape index (κ3) is 2.26. The molecule has 5 nitrogen and oxygen atoms in total. The zero-order valence-electron chi connectivity index (χ0n) is 7.06. The summed E-state index contributed by atoms with van der Waals surface area (Å²) in [4.78, 5) is 10.7. The maximum absolute atomic E-state index is 10.7. The minimum Gasteiger partial charge on any atom is -0.478 e. The summed E-state index contributed by atoms with van der Waals surface area (Å²) in [6.45, 7) is 0. The molecule has 5 heteroatoms. The lowest BCUT2D eigenvalue weighted by Gasteiger charge is -2.02. The predicted molar refractivity (Wildman–Crippen MR) is 47.8 cm³/mol. The summed E-state index contributed by atoms with van der Waals surface area (Å²) in [6.07, 6.45) is 0. The number of carboxylic acid groups (broad SMARTS) is 1. The maximum atomic E-state index is 10.7. The molecular formula is C8H9N3O2. The lowest BCUT2D eigenvalue weighted by molar-refractivity contribution is 0.0698. The molecule has 1 aromatic rings. The van der Waals surface area contributed by atoms with Crippen molar-refractivity contribution in [3.8, 4) is 0 Å². The molecule has 0 saturated carbocycles. The molecule has 13 heavy (non-hydrogen) atoms. The Hall–Kier alpha value is -1.91. The van der Waals surface area contributed by atoms with Crippen molar-refractivity contribution in [1.29, 1.82) is 0 Å². The Morgan fingerprint density at radius 1 is 1.46 bits per heavy atom. The second kappa shape index (κ2) is 4.20. The number of nitrogens with one attached hydrogen (secondary N) is 1. The fourth-order valence-electron chi connectivity index (χ4n) is 0.871. The van der Waals surface area contributed by atoms with Crippen LogP contribution in [0.2, 0.25) is 0 Å². The zero-order chi connectivity index (χ0) is 9.68. The van der Waals surface area contributed by atoms with Gasteiger partial charge >= 0.3 is 5.97 Å². The minimum absolute atomic E-state index is 0.176. The van der Waals surface area contributed by atoms with Crippen molar-refractivity contribution in [3.05, 3.63) is 29.8 Å². The van der Waals surface area contributed by atoms with Crippen LogP contribution in [0.15, 0.2) is 34.6 Å². The summed E-state index contributed by atoms with van der Waals surface area (Å²) in [7, 11) is 1.50. The highest BCUT2D eigenvalue weighted by molar-refractivity contribution is 5.94. The van der Waals surface area contributed by atoms with Crippen LogP contribution in [0.25, 0.3) is 0 Å². The molecule has 0 aliphatic carbocycles. The standard InChI is InChI=1S/C8H9N3O2/c1-9-11-10-7-5-3-2-4-6(7)8(12)13/h2-5H,1H3,(H,9,10)(H,12,13). The average Bonchev–Trinajstić information content (AvgIpc) is 2.15. The molecule has 0 spiro atoms. The largest absolute Gasteiger partial charge is 0.478 e. The molecule has 0 unspecified atom stereocenters. The van der Waals surface area contributed by atoms with Crippen molar-refractivity contribution in [3.63, 3.8) is 0 Å². The van der Waals surface area contributed by atoms with Crippen LogP contribution in [-0.4, -0.2) is 18.1 Å². The smallest absolute Gasteiger partial charge is 0.337 e. The first-order chi connectivity index (χ1) is 6.25. The van der Waals surface area contributed by atoms with E-state index in [2.05, 4.69) is 15.8 Å². The molecule has 0 amide bonds. The van der Waals surface area contributed by atoms with E-state index in [4.69, 9.17) is 5.11 Å². The van der Waals surface area contributed by atoms with Gasteiger partial charge in [0.15, 0.2) is 0 Å². The second-order valence-electron chi connectivity index (χ2n) is 2.26. The fourth-order valence-corrected chi connectivity index (χ4v) is 0.871. The van der Waals surface area contributed by atoms with E-state index >= 15 is 0 Å². The van der Waals surface area contributed by atoms with Crippen molar-refractivity contribution >= 4 is 11.7 Å². The molecule has 0 atom stereocenters. The second-order valence-corrected chi connectivity index (χ2v) is 2.26. The van der Waals surface area contributed by atoms with Crippen LogP contribution in [-0.2, 0) is 0 Å².